The van der Waals surface area contributed by atoms with Crippen LogP contribution in [-0.4, -0.2) is 51.4 Å². The van der Waals surface area contributed by atoms with E-state index in [1.807, 2.05) is 0 Å². The molecule has 2 aliphatic carbocycles. The topological polar surface area (TPSA) is 150 Å². The third-order valence-corrected chi connectivity index (χ3v) is 4.35. The van der Waals surface area contributed by atoms with Crippen LogP contribution in [0.5, 0.6) is 0 Å². The van der Waals surface area contributed by atoms with Gasteiger partial charge in [-0.1, -0.05) is 0 Å². The molecule has 0 bridgehead atoms. The minimum atomic E-state index is -1.53. The largest absolute Gasteiger partial charge is 0.481 e. The summed E-state index contributed by atoms with van der Waals surface area (Å²) < 4.78 is 0. The fourth-order valence-corrected chi connectivity index (χ4v) is 3.22. The molecule has 6 N–H and O–H groups in total. The first kappa shape index (κ1) is 17.7. The van der Waals surface area contributed by atoms with Crippen molar-refractivity contribution in [3.63, 3.8) is 0 Å². The summed E-state index contributed by atoms with van der Waals surface area (Å²) in [5.41, 5.74) is 4.85. The summed E-state index contributed by atoms with van der Waals surface area (Å²) in [6.45, 7) is -0.0135. The first-order valence-electron chi connectivity index (χ1n) is 6.50. The molecule has 2 fully saturated rings. The van der Waals surface area contributed by atoms with E-state index in [1.54, 1.807) is 0 Å². The third-order valence-electron chi connectivity index (χ3n) is 4.35. The zero-order chi connectivity index (χ0) is 15.1. The van der Waals surface area contributed by atoms with Gasteiger partial charge in [-0.15, -0.1) is 12.4 Å². The summed E-state index contributed by atoms with van der Waals surface area (Å²) in [5.74, 6) is -3.67. The molecule has 21 heavy (non-hydrogen) atoms. The number of hydrogen-bond donors (Lipinski definition) is 5. The number of carbonyl (C=O) groups is 3. The molecule has 0 aromatic rings. The lowest BCUT2D eigenvalue weighted by Gasteiger charge is -2.25. The molecule has 2 aliphatic rings. The standard InChI is InChI=1S/C12H18N2O6.ClH/c13-12(3-1-5-7(8(5)12)10(18)19)11(20)14-4-2-6(15)9(16)17;/h5-8,15H,1-4,13H2,(H,14,20)(H,16,17)(H,18,19);1H/t5-,6?,7-,8-,12-;/m0./s1. The minimum Gasteiger partial charge on any atom is -0.481 e. The number of carboxylic acid groups (broad SMARTS) is 2. The second kappa shape index (κ2) is 6.17. The van der Waals surface area contributed by atoms with E-state index < -0.39 is 35.4 Å². The number of halogens is 1. The van der Waals surface area contributed by atoms with Crippen LogP contribution in [0.25, 0.3) is 0 Å². The highest BCUT2D eigenvalue weighted by Gasteiger charge is 2.69. The molecule has 5 atom stereocenters. The molecule has 1 unspecified atom stereocenters. The maximum atomic E-state index is 12.1. The first-order valence-corrected chi connectivity index (χ1v) is 6.50. The highest BCUT2D eigenvalue weighted by molar-refractivity contribution is 5.90. The lowest BCUT2D eigenvalue weighted by atomic mass is 9.90. The van der Waals surface area contributed by atoms with Crippen LogP contribution in [0.1, 0.15) is 19.3 Å². The molecule has 0 heterocycles. The van der Waals surface area contributed by atoms with Gasteiger partial charge in [0.25, 0.3) is 0 Å². The second-order valence-electron chi connectivity index (χ2n) is 5.53. The molecule has 0 aliphatic heterocycles. The van der Waals surface area contributed by atoms with Crippen molar-refractivity contribution in [2.45, 2.75) is 30.9 Å². The number of fused-ring (bicyclic) bond motifs is 1. The van der Waals surface area contributed by atoms with Crippen LogP contribution in [0.4, 0.5) is 0 Å². The van der Waals surface area contributed by atoms with Crippen molar-refractivity contribution in [3.05, 3.63) is 0 Å². The average Bonchev–Trinajstić information content (AvgIpc) is 3.02. The van der Waals surface area contributed by atoms with Crippen molar-refractivity contribution in [1.82, 2.24) is 5.32 Å². The summed E-state index contributed by atoms with van der Waals surface area (Å²) in [4.78, 5) is 33.5. The summed E-state index contributed by atoms with van der Waals surface area (Å²) in [5, 5.41) is 29.1. The van der Waals surface area contributed by atoms with Crippen LogP contribution in [0.3, 0.4) is 0 Å². The van der Waals surface area contributed by atoms with Gasteiger partial charge < -0.3 is 26.4 Å². The van der Waals surface area contributed by atoms with E-state index in [9.17, 15) is 14.4 Å². The number of aliphatic hydroxyl groups is 1. The van der Waals surface area contributed by atoms with Gasteiger partial charge in [0.05, 0.1) is 11.5 Å². The summed E-state index contributed by atoms with van der Waals surface area (Å²) in [6, 6.07) is 0. The lowest BCUT2D eigenvalue weighted by Crippen LogP contribution is -2.55. The minimum absolute atomic E-state index is 0. The van der Waals surface area contributed by atoms with E-state index in [0.717, 1.165) is 0 Å². The second-order valence-corrected chi connectivity index (χ2v) is 5.53. The molecule has 0 saturated heterocycles. The SMILES string of the molecule is Cl.N[C@@]1(C(=O)NCCC(O)C(=O)O)CC[C@H]2[C@H](C(=O)O)[C@H]21. The van der Waals surface area contributed by atoms with Crippen LogP contribution in [0.15, 0.2) is 0 Å². The molecule has 0 aromatic heterocycles. The van der Waals surface area contributed by atoms with Gasteiger partial charge in [0.1, 0.15) is 0 Å². The first-order chi connectivity index (χ1) is 9.29. The quantitative estimate of drug-likeness (QED) is 0.412. The Balaban J connectivity index is 0.00000220. The van der Waals surface area contributed by atoms with E-state index in [-0.39, 0.29) is 37.2 Å². The van der Waals surface area contributed by atoms with Gasteiger partial charge in [-0.2, -0.15) is 0 Å². The van der Waals surface area contributed by atoms with Crippen LogP contribution in [0.2, 0.25) is 0 Å². The van der Waals surface area contributed by atoms with Crippen LogP contribution >= 0.6 is 12.4 Å². The van der Waals surface area contributed by atoms with Gasteiger partial charge in [-0.05, 0) is 18.8 Å². The Hall–Kier alpha value is -1.38. The maximum absolute atomic E-state index is 12.1. The molecular weight excluding hydrogens is 304 g/mol. The van der Waals surface area contributed by atoms with Crippen LogP contribution in [0, 0.1) is 17.8 Å². The van der Waals surface area contributed by atoms with Crippen molar-refractivity contribution in [1.29, 1.82) is 0 Å². The Morgan fingerprint density at radius 1 is 1.33 bits per heavy atom. The van der Waals surface area contributed by atoms with E-state index in [1.165, 1.54) is 0 Å². The number of carbonyl (C=O) groups excluding carboxylic acids is 1. The third kappa shape index (κ3) is 3.12. The summed E-state index contributed by atoms with van der Waals surface area (Å²) in [6.07, 6.45) is -0.607. The number of nitrogens with two attached hydrogens (primary N) is 1. The van der Waals surface area contributed by atoms with Gasteiger partial charge in [-0.25, -0.2) is 4.79 Å². The van der Waals surface area contributed by atoms with Crippen LogP contribution in [-0.2, 0) is 14.4 Å². The number of carboxylic acids is 2. The Morgan fingerprint density at radius 3 is 2.43 bits per heavy atom. The van der Waals surface area contributed by atoms with Crippen molar-refractivity contribution >= 4 is 30.3 Å². The number of rotatable bonds is 6. The fourth-order valence-electron chi connectivity index (χ4n) is 3.22. The van der Waals surface area contributed by atoms with Gasteiger partial charge in [0, 0.05) is 18.9 Å². The number of hydrogen-bond acceptors (Lipinski definition) is 5. The Labute approximate surface area is 127 Å². The maximum Gasteiger partial charge on any atom is 0.332 e. The Bertz CT molecular complexity index is 459. The van der Waals surface area contributed by atoms with Crippen molar-refractivity contribution in [3.8, 4) is 0 Å². The molecule has 8 nitrogen and oxygen atoms in total. The fraction of sp³-hybridized carbons (Fsp3) is 0.750. The Morgan fingerprint density at radius 2 is 1.95 bits per heavy atom. The van der Waals surface area contributed by atoms with E-state index in [0.29, 0.717) is 12.8 Å². The van der Waals surface area contributed by atoms with Gasteiger partial charge in [0.15, 0.2) is 6.10 Å². The van der Waals surface area contributed by atoms with Gasteiger partial charge in [0.2, 0.25) is 5.91 Å². The molecule has 120 valence electrons. The van der Waals surface area contributed by atoms with E-state index >= 15 is 0 Å². The molecule has 2 saturated carbocycles. The lowest BCUT2D eigenvalue weighted by molar-refractivity contribution is -0.147. The molecule has 1 amide bonds. The normalized spacial score (nSPS) is 34.3. The zero-order valence-electron chi connectivity index (χ0n) is 11.2. The van der Waals surface area contributed by atoms with Crippen molar-refractivity contribution in [2.75, 3.05) is 6.54 Å². The summed E-state index contributed by atoms with van der Waals surface area (Å²) in [7, 11) is 0. The predicted octanol–water partition coefficient (Wildman–Crippen LogP) is -1.20. The van der Waals surface area contributed by atoms with Gasteiger partial charge >= 0.3 is 11.9 Å². The molecule has 2 rings (SSSR count). The van der Waals surface area contributed by atoms with Crippen LogP contribution < -0.4 is 11.1 Å². The van der Waals surface area contributed by atoms with E-state index in [4.69, 9.17) is 21.1 Å². The molecule has 0 aromatic carbocycles. The molecular formula is C12H19ClN2O6. The van der Waals surface area contributed by atoms with E-state index in [2.05, 4.69) is 5.32 Å². The molecule has 0 radical (unpaired) electrons. The zero-order valence-corrected chi connectivity index (χ0v) is 12.0. The number of nitrogens with one attached hydrogen (secondary N) is 1. The number of aliphatic hydroxyl groups excluding tert-OH is 1. The Kier molecular flexibility index (Phi) is 5.19. The van der Waals surface area contributed by atoms with Crippen molar-refractivity contribution in [2.24, 2.45) is 23.5 Å². The predicted molar refractivity (Wildman–Crippen MR) is 72.8 cm³/mol. The monoisotopic (exact) mass is 322 g/mol. The van der Waals surface area contributed by atoms with Gasteiger partial charge in [-0.3, -0.25) is 9.59 Å². The number of aliphatic carboxylic acids is 2. The number of amides is 1. The highest BCUT2D eigenvalue weighted by Crippen LogP contribution is 2.61. The summed E-state index contributed by atoms with van der Waals surface area (Å²) >= 11 is 0. The average molecular weight is 323 g/mol. The molecule has 0 spiro atoms. The van der Waals surface area contributed by atoms with Crippen molar-refractivity contribution < 1.29 is 29.7 Å². The molecule has 9 heteroatoms. The smallest absolute Gasteiger partial charge is 0.332 e. The highest BCUT2D eigenvalue weighted by atomic mass is 35.5.